The largest absolute Gasteiger partial charge is 0.367 e. The molecule has 2 heterocycles. The molecule has 2 aromatic heterocycles. The van der Waals surface area contributed by atoms with Gasteiger partial charge in [-0.1, -0.05) is 29.8 Å². The van der Waals surface area contributed by atoms with E-state index in [4.69, 9.17) is 0 Å². The zero-order valence-corrected chi connectivity index (χ0v) is 17.0. The van der Waals surface area contributed by atoms with Crippen LogP contribution in [0.3, 0.4) is 0 Å². The predicted molar refractivity (Wildman–Crippen MR) is 109 cm³/mol. The highest BCUT2D eigenvalue weighted by Gasteiger charge is 2.11. The van der Waals surface area contributed by atoms with Gasteiger partial charge in [0.15, 0.2) is 5.82 Å². The number of hydrogen-bond acceptors (Lipinski definition) is 6. The second-order valence-corrected chi connectivity index (χ2v) is 8.49. The summed E-state index contributed by atoms with van der Waals surface area (Å²) >= 11 is 0. The van der Waals surface area contributed by atoms with Crippen LogP contribution in [-0.4, -0.2) is 41.5 Å². The van der Waals surface area contributed by atoms with E-state index in [0.29, 0.717) is 18.2 Å². The second kappa shape index (κ2) is 8.49. The molecule has 28 heavy (non-hydrogen) atoms. The first kappa shape index (κ1) is 20.0. The van der Waals surface area contributed by atoms with Crippen molar-refractivity contribution >= 4 is 15.8 Å². The van der Waals surface area contributed by atoms with E-state index in [2.05, 4.69) is 25.3 Å². The van der Waals surface area contributed by atoms with Crippen LogP contribution in [-0.2, 0) is 15.8 Å². The van der Waals surface area contributed by atoms with Crippen molar-refractivity contribution in [2.75, 3.05) is 18.4 Å². The first-order valence-corrected chi connectivity index (χ1v) is 10.6. The molecule has 0 saturated heterocycles. The van der Waals surface area contributed by atoms with Gasteiger partial charge >= 0.3 is 0 Å². The third-order valence-corrected chi connectivity index (χ3v) is 5.43. The van der Waals surface area contributed by atoms with Gasteiger partial charge in [-0.05, 0) is 44.5 Å². The maximum absolute atomic E-state index is 12.2. The van der Waals surface area contributed by atoms with Gasteiger partial charge in [-0.3, -0.25) is 0 Å². The lowest BCUT2D eigenvalue weighted by Gasteiger charge is -2.09. The average Bonchev–Trinajstić information content (AvgIpc) is 2.97. The van der Waals surface area contributed by atoms with Crippen LogP contribution in [0.5, 0.6) is 0 Å². The van der Waals surface area contributed by atoms with E-state index in [-0.39, 0.29) is 12.3 Å². The van der Waals surface area contributed by atoms with E-state index in [9.17, 15) is 8.42 Å². The monoisotopic (exact) mass is 400 g/mol. The lowest BCUT2D eigenvalue weighted by Crippen LogP contribution is -2.30. The molecule has 148 valence electrons. The molecule has 3 aromatic rings. The minimum Gasteiger partial charge on any atom is -0.367 e. The molecular weight excluding hydrogens is 376 g/mol. The maximum Gasteiger partial charge on any atom is 0.215 e. The summed E-state index contributed by atoms with van der Waals surface area (Å²) in [4.78, 5) is 0. The fourth-order valence-corrected chi connectivity index (χ4v) is 4.00. The molecule has 0 radical (unpaired) electrons. The van der Waals surface area contributed by atoms with Gasteiger partial charge in [0, 0.05) is 18.8 Å². The zero-order chi connectivity index (χ0) is 20.1. The van der Waals surface area contributed by atoms with Gasteiger partial charge in [0.2, 0.25) is 10.0 Å². The molecule has 0 bridgehead atoms. The van der Waals surface area contributed by atoms with Crippen LogP contribution in [0.4, 0.5) is 5.82 Å². The van der Waals surface area contributed by atoms with Crippen molar-refractivity contribution in [3.8, 4) is 5.82 Å². The topological polar surface area (TPSA) is 102 Å². The van der Waals surface area contributed by atoms with Crippen LogP contribution in [0.1, 0.15) is 22.5 Å². The van der Waals surface area contributed by atoms with Crippen molar-refractivity contribution in [2.24, 2.45) is 0 Å². The smallest absolute Gasteiger partial charge is 0.215 e. The molecule has 0 saturated carbocycles. The third-order valence-electron chi connectivity index (χ3n) is 4.07. The lowest BCUT2D eigenvalue weighted by molar-refractivity contribution is 0.582. The number of nitrogens with one attached hydrogen (secondary N) is 2. The molecule has 0 aliphatic rings. The standard InChI is InChI=1S/C19H24N6O2S/c1-14-5-4-6-17(11-14)13-28(26,27)21-10-9-20-18-7-8-19(23-22-18)25-16(3)12-15(2)24-25/h4-8,11-12,21H,9-10,13H2,1-3H3,(H,20,22). The van der Waals surface area contributed by atoms with Crippen LogP contribution in [0.15, 0.2) is 42.5 Å². The minimum atomic E-state index is -3.39. The van der Waals surface area contributed by atoms with E-state index < -0.39 is 10.0 Å². The number of rotatable bonds is 8. The van der Waals surface area contributed by atoms with E-state index in [1.165, 1.54) is 0 Å². The van der Waals surface area contributed by atoms with Crippen molar-refractivity contribution in [2.45, 2.75) is 26.5 Å². The van der Waals surface area contributed by atoms with Crippen LogP contribution in [0.25, 0.3) is 5.82 Å². The SMILES string of the molecule is Cc1cccc(CS(=O)(=O)NCCNc2ccc(-n3nc(C)cc3C)nn2)c1. The third kappa shape index (κ3) is 5.37. The normalized spacial score (nSPS) is 11.5. The van der Waals surface area contributed by atoms with Gasteiger partial charge < -0.3 is 5.32 Å². The summed E-state index contributed by atoms with van der Waals surface area (Å²) in [5.74, 6) is 1.17. The molecule has 0 aliphatic heterocycles. The summed E-state index contributed by atoms with van der Waals surface area (Å²) in [5, 5.41) is 15.7. The number of sulfonamides is 1. The summed E-state index contributed by atoms with van der Waals surface area (Å²) in [6, 6.07) is 13.1. The molecule has 0 amide bonds. The highest BCUT2D eigenvalue weighted by Crippen LogP contribution is 2.10. The highest BCUT2D eigenvalue weighted by molar-refractivity contribution is 7.88. The molecular formula is C19H24N6O2S. The van der Waals surface area contributed by atoms with Crippen LogP contribution in [0.2, 0.25) is 0 Å². The second-order valence-electron chi connectivity index (χ2n) is 6.68. The first-order valence-electron chi connectivity index (χ1n) is 8.96. The molecule has 0 spiro atoms. The molecule has 2 N–H and O–H groups in total. The Morgan fingerprint density at radius 1 is 1.00 bits per heavy atom. The Bertz CT molecular complexity index is 1040. The summed E-state index contributed by atoms with van der Waals surface area (Å²) in [6.45, 7) is 6.48. The summed E-state index contributed by atoms with van der Waals surface area (Å²) in [5.41, 5.74) is 3.71. The van der Waals surface area contributed by atoms with Gasteiger partial charge in [-0.15, -0.1) is 10.2 Å². The van der Waals surface area contributed by atoms with Crippen LogP contribution in [0, 0.1) is 20.8 Å². The van der Waals surface area contributed by atoms with Gasteiger partial charge in [0.1, 0.15) is 5.82 Å². The number of hydrogen-bond donors (Lipinski definition) is 2. The zero-order valence-electron chi connectivity index (χ0n) is 16.2. The Hall–Kier alpha value is -2.78. The molecule has 0 atom stereocenters. The minimum absolute atomic E-state index is 0.0359. The summed E-state index contributed by atoms with van der Waals surface area (Å²) < 4.78 is 28.7. The molecule has 9 heteroatoms. The number of aryl methyl sites for hydroxylation is 3. The van der Waals surface area contributed by atoms with E-state index in [1.807, 2.05) is 57.2 Å². The van der Waals surface area contributed by atoms with E-state index >= 15 is 0 Å². The Kier molecular flexibility index (Phi) is 6.05. The van der Waals surface area contributed by atoms with Gasteiger partial charge in [-0.2, -0.15) is 5.10 Å². The molecule has 0 fully saturated rings. The number of nitrogens with zero attached hydrogens (tertiary/aromatic N) is 4. The lowest BCUT2D eigenvalue weighted by atomic mass is 10.2. The van der Waals surface area contributed by atoms with Crippen LogP contribution < -0.4 is 10.0 Å². The Morgan fingerprint density at radius 2 is 1.82 bits per heavy atom. The van der Waals surface area contributed by atoms with E-state index in [1.54, 1.807) is 10.7 Å². The van der Waals surface area contributed by atoms with Crippen molar-refractivity contribution in [3.05, 3.63) is 65.0 Å². The van der Waals surface area contributed by atoms with Crippen LogP contribution >= 0.6 is 0 Å². The average molecular weight is 401 g/mol. The Balaban J connectivity index is 1.49. The molecule has 1 aromatic carbocycles. The fourth-order valence-electron chi connectivity index (χ4n) is 2.86. The molecule has 0 unspecified atom stereocenters. The van der Waals surface area contributed by atoms with Gasteiger partial charge in [0.25, 0.3) is 0 Å². The molecule has 3 rings (SSSR count). The Morgan fingerprint density at radius 3 is 2.46 bits per heavy atom. The van der Waals surface area contributed by atoms with E-state index in [0.717, 1.165) is 22.5 Å². The first-order chi connectivity index (χ1) is 13.3. The predicted octanol–water partition coefficient (Wildman–Crippen LogP) is 2.12. The van der Waals surface area contributed by atoms with Gasteiger partial charge in [-0.25, -0.2) is 17.8 Å². The summed E-state index contributed by atoms with van der Waals surface area (Å²) in [7, 11) is -3.39. The molecule has 0 aliphatic carbocycles. The quantitative estimate of drug-likeness (QED) is 0.562. The maximum atomic E-state index is 12.2. The highest BCUT2D eigenvalue weighted by atomic mass is 32.2. The number of aromatic nitrogens is 4. The van der Waals surface area contributed by atoms with Crippen molar-refractivity contribution < 1.29 is 8.42 Å². The Labute approximate surface area is 165 Å². The van der Waals surface area contributed by atoms with Crippen molar-refractivity contribution in [3.63, 3.8) is 0 Å². The van der Waals surface area contributed by atoms with Crippen molar-refractivity contribution in [1.29, 1.82) is 0 Å². The fraction of sp³-hybridized carbons (Fsp3) is 0.316. The number of benzene rings is 1. The van der Waals surface area contributed by atoms with Gasteiger partial charge in [0.05, 0.1) is 11.4 Å². The molecule has 8 nitrogen and oxygen atoms in total. The summed E-state index contributed by atoms with van der Waals surface area (Å²) in [6.07, 6.45) is 0. The van der Waals surface area contributed by atoms with Crippen molar-refractivity contribution in [1.82, 2.24) is 24.7 Å². The number of anilines is 1.